The molecule has 0 heterocycles. The van der Waals surface area contributed by atoms with E-state index in [0.29, 0.717) is 6.61 Å². The molecule has 0 saturated heterocycles. The molecule has 0 amide bonds. The molecule has 2 N–H and O–H groups in total. The van der Waals surface area contributed by atoms with Crippen LogP contribution in [0.1, 0.15) is 19.4 Å². The van der Waals surface area contributed by atoms with Crippen LogP contribution in [0.15, 0.2) is 30.3 Å². The normalized spacial score (nSPS) is 11.8. The van der Waals surface area contributed by atoms with Crippen molar-refractivity contribution in [2.75, 3.05) is 0 Å². The number of hydrogen-bond donors (Lipinski definition) is 1. The molecule has 16 heavy (non-hydrogen) atoms. The van der Waals surface area contributed by atoms with E-state index >= 15 is 0 Å². The fraction of sp³-hybridized carbons (Fsp3) is 0.417. The predicted octanol–water partition coefficient (Wildman–Crippen LogP) is 2.13. The molecule has 0 spiro atoms. The molecule has 0 saturated carbocycles. The van der Waals surface area contributed by atoms with Crippen LogP contribution < -0.4 is 5.73 Å². The van der Waals surface area contributed by atoms with Gasteiger partial charge in [0.1, 0.15) is 12.6 Å². The van der Waals surface area contributed by atoms with E-state index in [1.807, 2.05) is 44.2 Å². The molecule has 0 fully saturated rings. The van der Waals surface area contributed by atoms with Crippen LogP contribution in [0.3, 0.4) is 0 Å². The third kappa shape index (κ3) is 4.64. The standard InChI is InChI=1S/C12H17NO2.ClH/c1-9(2)11(13)12(14)15-8-10-6-4-3-5-7-10;/h3-7,9,11H,8,13H2,1-2H3;1H/t11-;/m0./s1. The predicted molar refractivity (Wildman–Crippen MR) is 66.3 cm³/mol. The fourth-order valence-electron chi connectivity index (χ4n) is 1.10. The maximum absolute atomic E-state index is 11.4. The summed E-state index contributed by atoms with van der Waals surface area (Å²) >= 11 is 0. The van der Waals surface area contributed by atoms with Crippen molar-refractivity contribution in [3.63, 3.8) is 0 Å². The molecular weight excluding hydrogens is 226 g/mol. The van der Waals surface area contributed by atoms with Crippen molar-refractivity contribution in [2.45, 2.75) is 26.5 Å². The maximum Gasteiger partial charge on any atom is 0.323 e. The third-order valence-electron chi connectivity index (χ3n) is 2.21. The summed E-state index contributed by atoms with van der Waals surface area (Å²) in [6, 6.07) is 9.03. The summed E-state index contributed by atoms with van der Waals surface area (Å²) in [5.74, 6) is -0.234. The molecule has 0 radical (unpaired) electrons. The third-order valence-corrected chi connectivity index (χ3v) is 2.21. The Labute approximate surface area is 102 Å². The highest BCUT2D eigenvalue weighted by Crippen LogP contribution is 2.04. The molecule has 0 bridgehead atoms. The van der Waals surface area contributed by atoms with E-state index in [9.17, 15) is 4.79 Å². The van der Waals surface area contributed by atoms with E-state index in [2.05, 4.69) is 0 Å². The molecule has 0 aliphatic carbocycles. The molecule has 3 nitrogen and oxygen atoms in total. The van der Waals surface area contributed by atoms with Crippen LogP contribution in [-0.4, -0.2) is 12.0 Å². The Morgan fingerprint density at radius 3 is 2.38 bits per heavy atom. The summed E-state index contributed by atoms with van der Waals surface area (Å²) in [6.45, 7) is 4.09. The first-order chi connectivity index (χ1) is 7.11. The highest BCUT2D eigenvalue weighted by Gasteiger charge is 2.18. The second-order valence-electron chi connectivity index (χ2n) is 3.86. The van der Waals surface area contributed by atoms with E-state index in [1.165, 1.54) is 0 Å². The van der Waals surface area contributed by atoms with Gasteiger partial charge < -0.3 is 10.5 Å². The minimum Gasteiger partial charge on any atom is -0.460 e. The monoisotopic (exact) mass is 243 g/mol. The number of hydrogen-bond acceptors (Lipinski definition) is 3. The highest BCUT2D eigenvalue weighted by atomic mass is 35.5. The number of rotatable bonds is 4. The number of benzene rings is 1. The van der Waals surface area contributed by atoms with Crippen LogP contribution in [0.4, 0.5) is 0 Å². The van der Waals surface area contributed by atoms with E-state index < -0.39 is 6.04 Å². The summed E-state index contributed by atoms with van der Waals surface area (Å²) in [7, 11) is 0. The Morgan fingerprint density at radius 2 is 1.88 bits per heavy atom. The van der Waals surface area contributed by atoms with Gasteiger partial charge in [-0.05, 0) is 11.5 Å². The Morgan fingerprint density at radius 1 is 1.31 bits per heavy atom. The minimum absolute atomic E-state index is 0. The number of nitrogens with two attached hydrogens (primary N) is 1. The Bertz CT molecular complexity index is 314. The number of halogens is 1. The van der Waals surface area contributed by atoms with E-state index in [4.69, 9.17) is 10.5 Å². The van der Waals surface area contributed by atoms with Crippen molar-refractivity contribution >= 4 is 18.4 Å². The van der Waals surface area contributed by atoms with Crippen LogP contribution in [0.2, 0.25) is 0 Å². The molecule has 0 aromatic heterocycles. The first-order valence-corrected chi connectivity index (χ1v) is 5.07. The highest BCUT2D eigenvalue weighted by molar-refractivity contribution is 5.85. The van der Waals surface area contributed by atoms with Gasteiger partial charge >= 0.3 is 5.97 Å². The van der Waals surface area contributed by atoms with Gasteiger partial charge in [-0.15, -0.1) is 12.4 Å². The number of ether oxygens (including phenoxy) is 1. The zero-order chi connectivity index (χ0) is 11.3. The van der Waals surface area contributed by atoms with E-state index in [-0.39, 0.29) is 24.3 Å². The number of carbonyl (C=O) groups excluding carboxylic acids is 1. The van der Waals surface area contributed by atoms with Crippen LogP contribution >= 0.6 is 12.4 Å². The fourth-order valence-corrected chi connectivity index (χ4v) is 1.10. The van der Waals surface area contributed by atoms with Crippen molar-refractivity contribution in [1.82, 2.24) is 0 Å². The molecule has 4 heteroatoms. The molecule has 1 aromatic carbocycles. The summed E-state index contributed by atoms with van der Waals surface area (Å²) in [5, 5.41) is 0. The largest absolute Gasteiger partial charge is 0.460 e. The molecule has 0 unspecified atom stereocenters. The average Bonchev–Trinajstić information content (AvgIpc) is 2.26. The van der Waals surface area contributed by atoms with Gasteiger partial charge in [-0.25, -0.2) is 0 Å². The van der Waals surface area contributed by atoms with Crippen molar-refractivity contribution in [3.05, 3.63) is 35.9 Å². The Kier molecular flexibility index (Phi) is 6.77. The summed E-state index contributed by atoms with van der Waals surface area (Å²) < 4.78 is 5.09. The molecule has 90 valence electrons. The van der Waals surface area contributed by atoms with Gasteiger partial charge in [0.25, 0.3) is 0 Å². The molecule has 1 atom stereocenters. The van der Waals surface area contributed by atoms with Gasteiger partial charge in [0, 0.05) is 0 Å². The van der Waals surface area contributed by atoms with Crippen molar-refractivity contribution in [2.24, 2.45) is 11.7 Å². The van der Waals surface area contributed by atoms with Crippen molar-refractivity contribution in [1.29, 1.82) is 0 Å². The summed E-state index contributed by atoms with van der Waals surface area (Å²) in [5.41, 5.74) is 6.62. The molecule has 0 aliphatic heterocycles. The van der Waals surface area contributed by atoms with E-state index in [0.717, 1.165) is 5.56 Å². The molecular formula is C12H18ClNO2. The molecule has 1 rings (SSSR count). The average molecular weight is 244 g/mol. The lowest BCUT2D eigenvalue weighted by Gasteiger charge is -2.14. The Hall–Kier alpha value is -1.06. The van der Waals surface area contributed by atoms with Crippen molar-refractivity contribution < 1.29 is 9.53 Å². The van der Waals surface area contributed by atoms with Gasteiger partial charge in [-0.2, -0.15) is 0 Å². The van der Waals surface area contributed by atoms with Gasteiger partial charge in [-0.1, -0.05) is 44.2 Å². The number of esters is 1. The van der Waals surface area contributed by atoms with Gasteiger partial charge in [-0.3, -0.25) is 4.79 Å². The second kappa shape index (κ2) is 7.25. The first-order valence-electron chi connectivity index (χ1n) is 5.07. The summed E-state index contributed by atoms with van der Waals surface area (Å²) in [4.78, 5) is 11.4. The lowest BCUT2D eigenvalue weighted by Crippen LogP contribution is -2.36. The smallest absolute Gasteiger partial charge is 0.323 e. The summed E-state index contributed by atoms with van der Waals surface area (Å²) in [6.07, 6.45) is 0. The zero-order valence-electron chi connectivity index (χ0n) is 9.55. The van der Waals surface area contributed by atoms with Crippen LogP contribution in [0.5, 0.6) is 0 Å². The van der Waals surface area contributed by atoms with Crippen LogP contribution in [0, 0.1) is 5.92 Å². The topological polar surface area (TPSA) is 52.3 Å². The maximum atomic E-state index is 11.4. The SMILES string of the molecule is CC(C)[C@H](N)C(=O)OCc1ccccc1.Cl. The van der Waals surface area contributed by atoms with Crippen LogP contribution in [0.25, 0.3) is 0 Å². The van der Waals surface area contributed by atoms with Gasteiger partial charge in [0.2, 0.25) is 0 Å². The van der Waals surface area contributed by atoms with Crippen molar-refractivity contribution in [3.8, 4) is 0 Å². The van der Waals surface area contributed by atoms with E-state index in [1.54, 1.807) is 0 Å². The lowest BCUT2D eigenvalue weighted by atomic mass is 10.1. The zero-order valence-corrected chi connectivity index (χ0v) is 10.4. The van der Waals surface area contributed by atoms with Gasteiger partial charge in [0.15, 0.2) is 0 Å². The molecule has 1 aromatic rings. The quantitative estimate of drug-likeness (QED) is 0.825. The van der Waals surface area contributed by atoms with Crippen LogP contribution in [-0.2, 0) is 16.1 Å². The first kappa shape index (κ1) is 14.9. The lowest BCUT2D eigenvalue weighted by molar-refractivity contribution is -0.147. The minimum atomic E-state index is -0.534. The van der Waals surface area contributed by atoms with Gasteiger partial charge in [0.05, 0.1) is 0 Å². The molecule has 0 aliphatic rings. The second-order valence-corrected chi connectivity index (χ2v) is 3.86. The number of carbonyl (C=O) groups is 1. The Balaban J connectivity index is 0.00000225.